The molecule has 0 unspecified atom stereocenters. The van der Waals surface area contributed by atoms with Crippen LogP contribution in [0.5, 0.6) is 11.5 Å². The number of nitrogens with zero attached hydrogens (tertiary/aromatic N) is 1. The second-order valence-electron chi connectivity index (χ2n) is 7.29. The van der Waals surface area contributed by atoms with E-state index in [2.05, 4.69) is 10.3 Å². The molecule has 0 saturated carbocycles. The van der Waals surface area contributed by atoms with Gasteiger partial charge in [-0.05, 0) is 55.0 Å². The third-order valence-corrected chi connectivity index (χ3v) is 4.94. The summed E-state index contributed by atoms with van der Waals surface area (Å²) in [5.74, 6) is 1.87. The number of para-hydroxylation sites is 1. The minimum absolute atomic E-state index is 0.197. The monoisotopic (exact) mass is 441 g/mol. The fourth-order valence-electron chi connectivity index (χ4n) is 3.36. The largest absolute Gasteiger partial charge is 0.465 e. The lowest BCUT2D eigenvalue weighted by atomic mass is 10.0. The predicted molar refractivity (Wildman–Crippen MR) is 126 cm³/mol. The zero-order valence-electron chi connectivity index (χ0n) is 18.3. The first-order valence-corrected chi connectivity index (χ1v) is 10.3. The third kappa shape index (κ3) is 5.10. The molecule has 2 aromatic heterocycles. The van der Waals surface area contributed by atoms with Crippen LogP contribution in [0, 0.1) is 5.41 Å². The SMILES string of the molecule is COC(=O)c1cc(-c2ccco2)nc(NCc2ccc(Oc3ccccc3)cc2)c1C(C)=N. The van der Waals surface area contributed by atoms with Crippen LogP contribution >= 0.6 is 0 Å². The molecule has 2 aromatic carbocycles. The second kappa shape index (κ2) is 9.82. The van der Waals surface area contributed by atoms with Gasteiger partial charge in [0, 0.05) is 12.3 Å². The quantitative estimate of drug-likeness (QED) is 0.260. The number of pyridine rings is 1. The lowest BCUT2D eigenvalue weighted by Crippen LogP contribution is -2.15. The van der Waals surface area contributed by atoms with Crippen LogP contribution < -0.4 is 10.1 Å². The molecule has 0 spiro atoms. The molecule has 33 heavy (non-hydrogen) atoms. The van der Waals surface area contributed by atoms with Gasteiger partial charge in [-0.25, -0.2) is 9.78 Å². The number of hydrogen-bond acceptors (Lipinski definition) is 7. The highest BCUT2D eigenvalue weighted by atomic mass is 16.5. The number of methoxy groups -OCH3 is 1. The van der Waals surface area contributed by atoms with Crippen LogP contribution in [0.25, 0.3) is 11.5 Å². The van der Waals surface area contributed by atoms with Crippen molar-refractivity contribution in [1.82, 2.24) is 4.98 Å². The molecule has 0 bridgehead atoms. The van der Waals surface area contributed by atoms with Crippen molar-refractivity contribution in [1.29, 1.82) is 5.41 Å². The van der Waals surface area contributed by atoms with Gasteiger partial charge in [-0.15, -0.1) is 0 Å². The van der Waals surface area contributed by atoms with Crippen molar-refractivity contribution in [2.24, 2.45) is 0 Å². The van der Waals surface area contributed by atoms with E-state index < -0.39 is 5.97 Å². The Morgan fingerprint density at radius 3 is 2.39 bits per heavy atom. The lowest BCUT2D eigenvalue weighted by Gasteiger charge is -2.15. The Balaban J connectivity index is 1.59. The number of ether oxygens (including phenoxy) is 2. The van der Waals surface area contributed by atoms with Crippen molar-refractivity contribution in [2.45, 2.75) is 13.5 Å². The number of nitrogens with one attached hydrogen (secondary N) is 2. The molecule has 0 saturated heterocycles. The smallest absolute Gasteiger partial charge is 0.338 e. The molecule has 7 heteroatoms. The summed E-state index contributed by atoms with van der Waals surface area (Å²) in [6.07, 6.45) is 1.54. The summed E-state index contributed by atoms with van der Waals surface area (Å²) >= 11 is 0. The standard InChI is InChI=1S/C26H23N3O4/c1-17(27)24-21(26(30)31-2)15-22(23-9-6-14-32-23)29-25(24)28-16-18-10-12-20(13-11-18)33-19-7-4-3-5-8-19/h3-15,27H,16H2,1-2H3,(H,28,29). The van der Waals surface area contributed by atoms with Gasteiger partial charge in [0.25, 0.3) is 0 Å². The predicted octanol–water partition coefficient (Wildman–Crippen LogP) is 5.92. The first-order chi connectivity index (χ1) is 16.0. The Bertz CT molecular complexity index is 1250. The number of carbonyl (C=O) groups excluding carboxylic acids is 1. The number of esters is 1. The Labute approximate surface area is 191 Å². The van der Waals surface area contributed by atoms with Crippen molar-refractivity contribution in [3.8, 4) is 23.0 Å². The molecule has 4 aromatic rings. The van der Waals surface area contributed by atoms with Gasteiger partial charge in [0.2, 0.25) is 0 Å². The average Bonchev–Trinajstić information content (AvgIpc) is 3.38. The van der Waals surface area contributed by atoms with E-state index in [1.807, 2.05) is 54.6 Å². The normalized spacial score (nSPS) is 10.5. The highest BCUT2D eigenvalue weighted by Gasteiger charge is 2.21. The zero-order chi connectivity index (χ0) is 23.2. The maximum absolute atomic E-state index is 12.5. The second-order valence-corrected chi connectivity index (χ2v) is 7.29. The van der Waals surface area contributed by atoms with Crippen molar-refractivity contribution < 1.29 is 18.7 Å². The first kappa shape index (κ1) is 21.8. The number of furan rings is 1. The van der Waals surface area contributed by atoms with E-state index in [0.29, 0.717) is 29.4 Å². The highest BCUT2D eigenvalue weighted by molar-refractivity contribution is 6.10. The van der Waals surface area contributed by atoms with Crippen molar-refractivity contribution in [3.63, 3.8) is 0 Å². The van der Waals surface area contributed by atoms with Gasteiger partial charge >= 0.3 is 5.97 Å². The van der Waals surface area contributed by atoms with Crippen LogP contribution in [-0.4, -0.2) is 23.8 Å². The van der Waals surface area contributed by atoms with Crippen molar-refractivity contribution in [2.75, 3.05) is 12.4 Å². The minimum Gasteiger partial charge on any atom is -0.465 e. The van der Waals surface area contributed by atoms with Gasteiger partial charge in [0.1, 0.15) is 23.0 Å². The molecule has 0 aliphatic carbocycles. The molecule has 0 atom stereocenters. The van der Waals surface area contributed by atoms with E-state index >= 15 is 0 Å². The van der Waals surface area contributed by atoms with Crippen LogP contribution in [0.1, 0.15) is 28.4 Å². The third-order valence-electron chi connectivity index (χ3n) is 4.94. The van der Waals surface area contributed by atoms with Crippen LogP contribution in [-0.2, 0) is 11.3 Å². The van der Waals surface area contributed by atoms with Gasteiger partial charge < -0.3 is 24.6 Å². The van der Waals surface area contributed by atoms with Crippen molar-refractivity contribution >= 4 is 17.5 Å². The summed E-state index contributed by atoms with van der Waals surface area (Å²) in [7, 11) is 1.31. The molecular formula is C26H23N3O4. The summed E-state index contributed by atoms with van der Waals surface area (Å²) in [5.41, 5.74) is 2.29. The molecule has 0 aliphatic rings. The van der Waals surface area contributed by atoms with Gasteiger partial charge in [0.15, 0.2) is 5.76 Å². The Kier molecular flexibility index (Phi) is 6.50. The van der Waals surface area contributed by atoms with E-state index in [9.17, 15) is 4.79 Å². The molecule has 166 valence electrons. The summed E-state index contributed by atoms with van der Waals surface area (Å²) in [6.45, 7) is 2.04. The molecule has 0 radical (unpaired) electrons. The topological polar surface area (TPSA) is 97.4 Å². The Morgan fingerprint density at radius 2 is 1.76 bits per heavy atom. The average molecular weight is 441 g/mol. The summed E-state index contributed by atoms with van der Waals surface area (Å²) in [6, 6.07) is 22.3. The number of hydrogen-bond donors (Lipinski definition) is 2. The number of anilines is 1. The number of carbonyl (C=O) groups is 1. The maximum atomic E-state index is 12.5. The van der Waals surface area contributed by atoms with Crippen LogP contribution in [0.15, 0.2) is 83.5 Å². The van der Waals surface area contributed by atoms with Crippen LogP contribution in [0.4, 0.5) is 5.82 Å². The number of aromatic nitrogens is 1. The highest BCUT2D eigenvalue weighted by Crippen LogP contribution is 2.28. The molecule has 2 heterocycles. The van der Waals surface area contributed by atoms with E-state index in [-0.39, 0.29) is 11.3 Å². The van der Waals surface area contributed by atoms with Crippen LogP contribution in [0.2, 0.25) is 0 Å². The summed E-state index contributed by atoms with van der Waals surface area (Å²) < 4.78 is 16.2. The maximum Gasteiger partial charge on any atom is 0.338 e. The fraction of sp³-hybridized carbons (Fsp3) is 0.115. The first-order valence-electron chi connectivity index (χ1n) is 10.3. The fourth-order valence-corrected chi connectivity index (χ4v) is 3.36. The summed E-state index contributed by atoms with van der Waals surface area (Å²) in [4.78, 5) is 17.1. The zero-order valence-corrected chi connectivity index (χ0v) is 18.3. The van der Waals surface area contributed by atoms with E-state index in [0.717, 1.165) is 17.1 Å². The van der Waals surface area contributed by atoms with Crippen molar-refractivity contribution in [3.05, 3.63) is 95.7 Å². The van der Waals surface area contributed by atoms with Gasteiger partial charge in [-0.3, -0.25) is 0 Å². The van der Waals surface area contributed by atoms with Gasteiger partial charge in [-0.1, -0.05) is 30.3 Å². The molecule has 7 nitrogen and oxygen atoms in total. The molecule has 0 amide bonds. The lowest BCUT2D eigenvalue weighted by molar-refractivity contribution is 0.0600. The molecule has 4 rings (SSSR count). The molecule has 2 N–H and O–H groups in total. The number of benzene rings is 2. The van der Waals surface area contributed by atoms with E-state index in [4.69, 9.17) is 19.3 Å². The molecule has 0 fully saturated rings. The van der Waals surface area contributed by atoms with E-state index in [1.54, 1.807) is 25.1 Å². The minimum atomic E-state index is -0.544. The molecule has 0 aliphatic heterocycles. The van der Waals surface area contributed by atoms with Crippen LogP contribution in [0.3, 0.4) is 0 Å². The Hall–Kier alpha value is -4.39. The molecular weight excluding hydrogens is 418 g/mol. The van der Waals surface area contributed by atoms with Gasteiger partial charge in [-0.2, -0.15) is 0 Å². The summed E-state index contributed by atoms with van der Waals surface area (Å²) in [5, 5.41) is 11.5. The number of rotatable bonds is 8. The Morgan fingerprint density at radius 1 is 1.03 bits per heavy atom. The van der Waals surface area contributed by atoms with Gasteiger partial charge in [0.05, 0.1) is 24.5 Å². The van der Waals surface area contributed by atoms with E-state index in [1.165, 1.54) is 13.4 Å².